The molecule has 0 aromatic rings. The van der Waals surface area contributed by atoms with Gasteiger partial charge in [-0.2, -0.15) is 5.26 Å². The summed E-state index contributed by atoms with van der Waals surface area (Å²) in [6.07, 6.45) is 11.4. The van der Waals surface area contributed by atoms with Gasteiger partial charge in [-0.05, 0) is 56.3 Å². The van der Waals surface area contributed by atoms with Crippen LogP contribution in [0.4, 0.5) is 0 Å². The lowest BCUT2D eigenvalue weighted by Crippen LogP contribution is -2.52. The monoisotopic (exact) mass is 444 g/mol. The van der Waals surface area contributed by atoms with Gasteiger partial charge in [-0.1, -0.05) is 40.0 Å². The Bertz CT molecular complexity index is 683. The van der Waals surface area contributed by atoms with Gasteiger partial charge in [0.15, 0.2) is 0 Å². The number of nitriles is 1. The molecule has 1 aliphatic carbocycles. The van der Waals surface area contributed by atoms with Crippen LogP contribution in [0.1, 0.15) is 91.4 Å². The van der Waals surface area contributed by atoms with E-state index in [9.17, 15) is 14.9 Å². The molecule has 2 unspecified atom stereocenters. The molecule has 2 saturated heterocycles. The van der Waals surface area contributed by atoms with E-state index >= 15 is 0 Å². The number of carbonyl (C=O) groups excluding carboxylic acids is 2. The average Bonchev–Trinajstić information content (AvgIpc) is 3.16. The van der Waals surface area contributed by atoms with Crippen LogP contribution in [0.2, 0.25) is 0 Å². The largest absolute Gasteiger partial charge is 0.343 e. The first-order valence-electron chi connectivity index (χ1n) is 12.9. The number of rotatable bonds is 7. The summed E-state index contributed by atoms with van der Waals surface area (Å²) in [5, 5.41) is 13.2. The zero-order valence-corrected chi connectivity index (χ0v) is 20.6. The molecule has 2 amide bonds. The molecule has 3 aliphatic rings. The Morgan fingerprint density at radius 2 is 1.72 bits per heavy atom. The van der Waals surface area contributed by atoms with Gasteiger partial charge in [0, 0.05) is 45.1 Å². The molecule has 0 spiro atoms. The maximum atomic E-state index is 13.4. The van der Waals surface area contributed by atoms with Crippen LogP contribution in [0.5, 0.6) is 0 Å². The van der Waals surface area contributed by atoms with Crippen molar-refractivity contribution in [3.8, 4) is 6.07 Å². The maximum absolute atomic E-state index is 13.4. The molecule has 180 valence electrons. The van der Waals surface area contributed by atoms with Crippen LogP contribution >= 0.6 is 0 Å². The minimum Gasteiger partial charge on any atom is -0.343 e. The van der Waals surface area contributed by atoms with Crippen LogP contribution < -0.4 is 5.32 Å². The van der Waals surface area contributed by atoms with Gasteiger partial charge in [0.2, 0.25) is 11.8 Å². The molecule has 3 fully saturated rings. The van der Waals surface area contributed by atoms with Crippen molar-refractivity contribution in [3.63, 3.8) is 0 Å². The lowest BCUT2D eigenvalue weighted by molar-refractivity contribution is -0.138. The fourth-order valence-electron chi connectivity index (χ4n) is 5.82. The summed E-state index contributed by atoms with van der Waals surface area (Å²) in [7, 11) is 0. The van der Waals surface area contributed by atoms with Crippen molar-refractivity contribution in [3.05, 3.63) is 0 Å². The quantitative estimate of drug-likeness (QED) is 0.641. The number of nitrogens with zero attached hydrogens (tertiary/aromatic N) is 3. The van der Waals surface area contributed by atoms with Crippen LogP contribution in [0.25, 0.3) is 0 Å². The molecule has 2 aliphatic heterocycles. The Balaban J connectivity index is 1.61. The Labute approximate surface area is 195 Å². The summed E-state index contributed by atoms with van der Waals surface area (Å²) in [4.78, 5) is 30.6. The number of piperidine rings is 1. The number of hydrogen-bond acceptors (Lipinski definition) is 4. The highest BCUT2D eigenvalue weighted by Gasteiger charge is 2.42. The van der Waals surface area contributed by atoms with Gasteiger partial charge < -0.3 is 10.2 Å². The van der Waals surface area contributed by atoms with E-state index in [0.717, 1.165) is 44.9 Å². The normalized spacial score (nSPS) is 26.5. The minimum absolute atomic E-state index is 0.0628. The Kier molecular flexibility index (Phi) is 8.61. The highest BCUT2D eigenvalue weighted by molar-refractivity contribution is 5.86. The molecule has 0 aromatic heterocycles. The molecular formula is C26H44N4O2. The summed E-state index contributed by atoms with van der Waals surface area (Å²) in [6, 6.07) is 2.44. The zero-order chi connectivity index (χ0) is 23.2. The van der Waals surface area contributed by atoms with E-state index in [1.807, 2.05) is 4.90 Å². The molecule has 0 aromatic carbocycles. The maximum Gasteiger partial charge on any atom is 0.224 e. The van der Waals surface area contributed by atoms with E-state index < -0.39 is 5.54 Å². The smallest absolute Gasteiger partial charge is 0.224 e. The first-order valence-corrected chi connectivity index (χ1v) is 12.9. The van der Waals surface area contributed by atoms with Gasteiger partial charge in [0.05, 0.1) is 6.07 Å². The molecule has 2 heterocycles. The molecule has 6 heteroatoms. The van der Waals surface area contributed by atoms with Crippen molar-refractivity contribution in [1.82, 2.24) is 15.1 Å². The van der Waals surface area contributed by atoms with Crippen LogP contribution in [-0.4, -0.2) is 59.9 Å². The molecular weight excluding hydrogens is 400 g/mol. The molecule has 6 nitrogen and oxygen atoms in total. The molecule has 0 bridgehead atoms. The van der Waals surface area contributed by atoms with Crippen LogP contribution in [-0.2, 0) is 9.59 Å². The molecule has 3 rings (SSSR count). The van der Waals surface area contributed by atoms with Gasteiger partial charge in [-0.15, -0.1) is 0 Å². The second kappa shape index (κ2) is 11.0. The SMILES string of the molecule is CC(C)(C)CC(CC(=O)N1CCCCC1)C(=O)NC1(C#N)CCN(CC2CCCCC2)C1. The summed E-state index contributed by atoms with van der Waals surface area (Å²) in [6.45, 7) is 10.5. The van der Waals surface area contributed by atoms with Crippen LogP contribution in [0.15, 0.2) is 0 Å². The number of carbonyl (C=O) groups is 2. The fourth-order valence-corrected chi connectivity index (χ4v) is 5.82. The Hall–Kier alpha value is -1.61. The summed E-state index contributed by atoms with van der Waals surface area (Å²) < 4.78 is 0. The second-order valence-corrected chi connectivity index (χ2v) is 11.8. The standard InChI is InChI=1S/C26H44N4O2/c1-25(2,3)17-22(16-23(31)30-13-8-5-9-14-30)24(32)28-26(19-27)12-15-29(20-26)18-21-10-6-4-7-11-21/h21-22H,4-18,20H2,1-3H3,(H,28,32). The third-order valence-electron chi connectivity index (χ3n) is 7.53. The molecule has 2 atom stereocenters. The molecule has 1 saturated carbocycles. The second-order valence-electron chi connectivity index (χ2n) is 11.8. The van der Waals surface area contributed by atoms with Crippen LogP contribution in [0.3, 0.4) is 0 Å². The van der Waals surface area contributed by atoms with Crippen molar-refractivity contribution in [2.24, 2.45) is 17.3 Å². The number of hydrogen-bond donors (Lipinski definition) is 1. The average molecular weight is 445 g/mol. The van der Waals surface area contributed by atoms with Crippen molar-refractivity contribution in [2.75, 3.05) is 32.7 Å². The molecule has 0 radical (unpaired) electrons. The van der Waals surface area contributed by atoms with Crippen LogP contribution in [0, 0.1) is 28.6 Å². The number of nitrogens with one attached hydrogen (secondary N) is 1. The van der Waals surface area contributed by atoms with Gasteiger partial charge in [-0.25, -0.2) is 0 Å². The summed E-state index contributed by atoms with van der Waals surface area (Å²) in [5.41, 5.74) is -0.886. The first kappa shape index (κ1) is 25.0. The predicted octanol–water partition coefficient (Wildman–Crippen LogP) is 4.11. The van der Waals surface area contributed by atoms with E-state index in [2.05, 4.69) is 37.1 Å². The lowest BCUT2D eigenvalue weighted by atomic mass is 9.82. The molecule has 1 N–H and O–H groups in total. The highest BCUT2D eigenvalue weighted by Crippen LogP contribution is 2.31. The van der Waals surface area contributed by atoms with E-state index in [1.165, 1.54) is 38.5 Å². The van der Waals surface area contributed by atoms with Gasteiger partial charge in [0.25, 0.3) is 0 Å². The first-order chi connectivity index (χ1) is 15.2. The minimum atomic E-state index is -0.823. The number of amides is 2. The summed E-state index contributed by atoms with van der Waals surface area (Å²) >= 11 is 0. The van der Waals surface area contributed by atoms with Gasteiger partial charge in [-0.3, -0.25) is 14.5 Å². The van der Waals surface area contributed by atoms with Crippen molar-refractivity contribution in [1.29, 1.82) is 5.26 Å². The van der Waals surface area contributed by atoms with Gasteiger partial charge in [0.1, 0.15) is 5.54 Å². The molecule has 32 heavy (non-hydrogen) atoms. The number of likely N-dealkylation sites (tertiary alicyclic amines) is 2. The predicted molar refractivity (Wildman–Crippen MR) is 127 cm³/mol. The van der Waals surface area contributed by atoms with Gasteiger partial charge >= 0.3 is 0 Å². The fraction of sp³-hybridized carbons (Fsp3) is 0.885. The van der Waals surface area contributed by atoms with Crippen molar-refractivity contribution in [2.45, 2.75) is 96.9 Å². The highest BCUT2D eigenvalue weighted by atomic mass is 16.2. The summed E-state index contributed by atoms with van der Waals surface area (Å²) in [5.74, 6) is 0.309. The third kappa shape index (κ3) is 7.20. The zero-order valence-electron chi connectivity index (χ0n) is 20.6. The van der Waals surface area contributed by atoms with E-state index in [0.29, 0.717) is 19.4 Å². The van der Waals surface area contributed by atoms with E-state index in [-0.39, 0.29) is 29.6 Å². The van der Waals surface area contributed by atoms with Crippen molar-refractivity contribution >= 4 is 11.8 Å². The van der Waals surface area contributed by atoms with Crippen molar-refractivity contribution < 1.29 is 9.59 Å². The van der Waals surface area contributed by atoms with E-state index in [1.54, 1.807) is 0 Å². The topological polar surface area (TPSA) is 76.4 Å². The third-order valence-corrected chi connectivity index (χ3v) is 7.53. The Morgan fingerprint density at radius 1 is 1.06 bits per heavy atom. The lowest BCUT2D eigenvalue weighted by Gasteiger charge is -2.32. The Morgan fingerprint density at radius 3 is 2.34 bits per heavy atom. The van der Waals surface area contributed by atoms with E-state index in [4.69, 9.17) is 0 Å².